The number of H-pyrrole nitrogens is 1. The van der Waals surface area contributed by atoms with E-state index in [0.717, 1.165) is 5.56 Å². The molecule has 0 fully saturated rings. The molecule has 3 rings (SSSR count). The number of aromatic amines is 1. The molecule has 0 aliphatic rings. The van der Waals surface area contributed by atoms with Crippen molar-refractivity contribution in [3.05, 3.63) is 75.9 Å². The molecule has 0 radical (unpaired) electrons. The average Bonchev–Trinajstić information content (AvgIpc) is 3.07. The van der Waals surface area contributed by atoms with E-state index in [-0.39, 0.29) is 0 Å². The lowest BCUT2D eigenvalue weighted by Gasteiger charge is -1.97. The average molecular weight is 359 g/mol. The summed E-state index contributed by atoms with van der Waals surface area (Å²) in [6.07, 6.45) is 1.48. The second kappa shape index (κ2) is 7.29. The smallest absolute Gasteiger partial charge is 0.272 e. The summed E-state index contributed by atoms with van der Waals surface area (Å²) in [5.74, 6) is -0.397. The van der Waals surface area contributed by atoms with E-state index in [2.05, 4.69) is 20.7 Å². The first kappa shape index (κ1) is 16.2. The van der Waals surface area contributed by atoms with Crippen molar-refractivity contribution in [2.75, 3.05) is 0 Å². The molecule has 0 spiro atoms. The van der Waals surface area contributed by atoms with E-state index < -0.39 is 5.91 Å². The first-order chi connectivity index (χ1) is 11.6. The molecule has 1 amide bonds. The third-order valence-electron chi connectivity index (χ3n) is 3.24. The monoisotopic (exact) mass is 358 g/mol. The van der Waals surface area contributed by atoms with Crippen LogP contribution in [0.5, 0.6) is 0 Å². The van der Waals surface area contributed by atoms with Gasteiger partial charge in [-0.1, -0.05) is 53.5 Å². The molecule has 2 aromatic carbocycles. The Kier molecular flexibility index (Phi) is 4.93. The Morgan fingerprint density at radius 1 is 1.12 bits per heavy atom. The number of hydrogen-bond acceptors (Lipinski definition) is 3. The van der Waals surface area contributed by atoms with Crippen LogP contribution < -0.4 is 5.43 Å². The van der Waals surface area contributed by atoms with E-state index in [9.17, 15) is 4.79 Å². The maximum Gasteiger partial charge on any atom is 0.289 e. The van der Waals surface area contributed by atoms with Gasteiger partial charge in [0.1, 0.15) is 5.69 Å². The fraction of sp³-hybridized carbons (Fsp3) is 0. The van der Waals surface area contributed by atoms with Gasteiger partial charge < -0.3 is 0 Å². The van der Waals surface area contributed by atoms with Crippen LogP contribution in [0.3, 0.4) is 0 Å². The maximum atomic E-state index is 12.1. The molecule has 0 saturated heterocycles. The van der Waals surface area contributed by atoms with Gasteiger partial charge in [-0.3, -0.25) is 9.89 Å². The Balaban J connectivity index is 1.68. The molecule has 0 atom stereocenters. The Hall–Kier alpha value is -2.63. The maximum absolute atomic E-state index is 12.1. The number of carbonyl (C=O) groups is 1. The molecule has 1 heterocycles. The number of hydrogen-bond donors (Lipinski definition) is 2. The van der Waals surface area contributed by atoms with E-state index in [1.807, 2.05) is 24.3 Å². The molecule has 1 aromatic heterocycles. The van der Waals surface area contributed by atoms with E-state index >= 15 is 0 Å². The Labute approximate surface area is 148 Å². The van der Waals surface area contributed by atoms with E-state index in [1.54, 1.807) is 30.3 Å². The van der Waals surface area contributed by atoms with Gasteiger partial charge in [0.25, 0.3) is 5.91 Å². The molecule has 24 heavy (non-hydrogen) atoms. The standard InChI is InChI=1S/C17H12Cl2N4O/c18-13-7-5-11(6-8-13)15-9-16(22-21-15)17(24)23-20-10-12-3-1-2-4-14(12)19/h1-10H,(H,21,22)(H,23,24)/b20-10-. The van der Waals surface area contributed by atoms with E-state index in [1.165, 1.54) is 6.21 Å². The van der Waals surface area contributed by atoms with Crippen molar-refractivity contribution in [3.8, 4) is 11.3 Å². The first-order valence-corrected chi connectivity index (χ1v) is 7.78. The number of aromatic nitrogens is 2. The summed E-state index contributed by atoms with van der Waals surface area (Å²) < 4.78 is 0. The molecule has 0 aliphatic carbocycles. The van der Waals surface area contributed by atoms with Crippen molar-refractivity contribution >= 4 is 35.3 Å². The van der Waals surface area contributed by atoms with Crippen molar-refractivity contribution in [1.82, 2.24) is 15.6 Å². The minimum atomic E-state index is -0.397. The van der Waals surface area contributed by atoms with Gasteiger partial charge >= 0.3 is 0 Å². The Bertz CT molecular complexity index is 888. The largest absolute Gasteiger partial charge is 0.289 e. The van der Waals surface area contributed by atoms with Gasteiger partial charge in [0.2, 0.25) is 0 Å². The number of hydrazone groups is 1. The number of rotatable bonds is 4. The molecule has 7 heteroatoms. The molecule has 0 unspecified atom stereocenters. The molecular weight excluding hydrogens is 347 g/mol. The van der Waals surface area contributed by atoms with E-state index in [0.29, 0.717) is 27.0 Å². The van der Waals surface area contributed by atoms with Crippen molar-refractivity contribution in [1.29, 1.82) is 0 Å². The first-order valence-electron chi connectivity index (χ1n) is 7.03. The third-order valence-corrected chi connectivity index (χ3v) is 3.83. The number of halogens is 2. The highest BCUT2D eigenvalue weighted by Crippen LogP contribution is 2.20. The van der Waals surface area contributed by atoms with Crippen LogP contribution >= 0.6 is 23.2 Å². The number of carbonyl (C=O) groups excluding carboxylic acids is 1. The molecule has 0 aliphatic heterocycles. The zero-order valence-corrected chi connectivity index (χ0v) is 13.8. The van der Waals surface area contributed by atoms with Crippen molar-refractivity contribution < 1.29 is 4.79 Å². The SMILES string of the molecule is O=C(N/N=C\c1ccccc1Cl)c1cc(-c2ccc(Cl)cc2)n[nH]1. The molecule has 2 N–H and O–H groups in total. The van der Waals surface area contributed by atoms with Crippen LogP contribution in [0.25, 0.3) is 11.3 Å². The van der Waals surface area contributed by atoms with Crippen molar-refractivity contribution in [2.24, 2.45) is 5.10 Å². The van der Waals surface area contributed by atoms with Crippen LogP contribution in [-0.2, 0) is 0 Å². The van der Waals surface area contributed by atoms with Gasteiger partial charge in [-0.05, 0) is 24.3 Å². The predicted molar refractivity (Wildman–Crippen MR) is 95.5 cm³/mol. The summed E-state index contributed by atoms with van der Waals surface area (Å²) in [6, 6.07) is 16.0. The fourth-order valence-corrected chi connectivity index (χ4v) is 2.32. The predicted octanol–water partition coefficient (Wildman–Crippen LogP) is 4.15. The number of nitrogens with one attached hydrogen (secondary N) is 2. The highest BCUT2D eigenvalue weighted by atomic mass is 35.5. The third kappa shape index (κ3) is 3.82. The van der Waals surface area contributed by atoms with Crippen LogP contribution in [0.15, 0.2) is 59.7 Å². The summed E-state index contributed by atoms with van der Waals surface area (Å²) in [5.41, 5.74) is 4.95. The topological polar surface area (TPSA) is 70.1 Å². The minimum absolute atomic E-state index is 0.302. The lowest BCUT2D eigenvalue weighted by Crippen LogP contribution is -2.18. The zero-order valence-electron chi connectivity index (χ0n) is 12.3. The van der Waals surface area contributed by atoms with Gasteiger partial charge in [-0.25, -0.2) is 5.43 Å². The van der Waals surface area contributed by atoms with Crippen molar-refractivity contribution in [2.45, 2.75) is 0 Å². The van der Waals surface area contributed by atoms with Crippen LogP contribution in [0.1, 0.15) is 16.1 Å². The molecule has 120 valence electrons. The quantitative estimate of drug-likeness (QED) is 0.543. The molecule has 5 nitrogen and oxygen atoms in total. The normalized spacial score (nSPS) is 10.9. The molecule has 0 bridgehead atoms. The van der Waals surface area contributed by atoms with Crippen LogP contribution in [-0.4, -0.2) is 22.3 Å². The van der Waals surface area contributed by atoms with Crippen LogP contribution in [0, 0.1) is 0 Å². The molecule has 0 saturated carbocycles. The van der Waals surface area contributed by atoms with Gasteiger partial charge in [0.05, 0.1) is 11.9 Å². The van der Waals surface area contributed by atoms with Crippen molar-refractivity contribution in [3.63, 3.8) is 0 Å². The number of nitrogens with zero attached hydrogens (tertiary/aromatic N) is 2. The summed E-state index contributed by atoms with van der Waals surface area (Å²) in [6.45, 7) is 0. The van der Waals surface area contributed by atoms with Gasteiger partial charge in [0, 0.05) is 21.2 Å². The number of benzene rings is 2. The van der Waals surface area contributed by atoms with E-state index in [4.69, 9.17) is 23.2 Å². The lowest BCUT2D eigenvalue weighted by atomic mass is 10.1. The minimum Gasteiger partial charge on any atom is -0.272 e. The van der Waals surface area contributed by atoms with Gasteiger partial charge in [0.15, 0.2) is 0 Å². The van der Waals surface area contributed by atoms with Gasteiger partial charge in [-0.15, -0.1) is 0 Å². The van der Waals surface area contributed by atoms with Gasteiger partial charge in [-0.2, -0.15) is 10.2 Å². The second-order valence-corrected chi connectivity index (χ2v) is 5.74. The fourth-order valence-electron chi connectivity index (χ4n) is 2.01. The lowest BCUT2D eigenvalue weighted by molar-refractivity contribution is 0.0950. The zero-order chi connectivity index (χ0) is 16.9. The highest BCUT2D eigenvalue weighted by Gasteiger charge is 2.10. The summed E-state index contributed by atoms with van der Waals surface area (Å²) >= 11 is 11.9. The molecular formula is C17H12Cl2N4O. The molecule has 3 aromatic rings. The Morgan fingerprint density at radius 2 is 1.88 bits per heavy atom. The highest BCUT2D eigenvalue weighted by molar-refractivity contribution is 6.33. The van der Waals surface area contributed by atoms with Crippen LogP contribution in [0.2, 0.25) is 10.0 Å². The number of amides is 1. The summed E-state index contributed by atoms with van der Waals surface area (Å²) in [5, 5.41) is 11.9. The summed E-state index contributed by atoms with van der Waals surface area (Å²) in [4.78, 5) is 12.1. The van der Waals surface area contributed by atoms with Crippen LogP contribution in [0.4, 0.5) is 0 Å². The second-order valence-electron chi connectivity index (χ2n) is 4.89. The Morgan fingerprint density at radius 3 is 2.62 bits per heavy atom. The summed E-state index contributed by atoms with van der Waals surface area (Å²) in [7, 11) is 0.